The Morgan fingerprint density at radius 3 is 2.30 bits per heavy atom. The molecule has 0 radical (unpaired) electrons. The van der Waals surface area contributed by atoms with Gasteiger partial charge in [-0.1, -0.05) is 25.7 Å². The van der Waals surface area contributed by atoms with Gasteiger partial charge in [0.05, 0.1) is 0 Å². The lowest BCUT2D eigenvalue weighted by Crippen LogP contribution is -2.41. The lowest BCUT2D eigenvalue weighted by Gasteiger charge is -2.34. The zero-order valence-corrected chi connectivity index (χ0v) is 14.2. The van der Waals surface area contributed by atoms with Gasteiger partial charge in [0.1, 0.15) is 0 Å². The largest absolute Gasteiger partial charge is 0.342 e. The molecule has 0 N–H and O–H groups in total. The number of nitrogens with zero attached hydrogens (tertiary/aromatic N) is 2. The van der Waals surface area contributed by atoms with Gasteiger partial charge in [-0.15, -0.1) is 0 Å². The fraction of sp³-hybridized carbons (Fsp3) is 0.684. The molecule has 4 heteroatoms. The molecule has 3 rings (SSSR count). The Kier molecular flexibility index (Phi) is 5.19. The van der Waals surface area contributed by atoms with E-state index in [4.69, 9.17) is 0 Å². The first-order valence-corrected chi connectivity index (χ1v) is 9.10. The van der Waals surface area contributed by atoms with Crippen LogP contribution in [0, 0.1) is 5.92 Å². The second-order valence-electron chi connectivity index (χ2n) is 7.20. The van der Waals surface area contributed by atoms with Crippen LogP contribution < -0.4 is 5.56 Å². The summed E-state index contributed by atoms with van der Waals surface area (Å²) in [6.45, 7) is 1.68. The maximum atomic E-state index is 12.7. The maximum Gasteiger partial charge on any atom is 0.250 e. The van der Waals surface area contributed by atoms with Gasteiger partial charge in [-0.25, -0.2) is 0 Å². The molecule has 0 unspecified atom stereocenters. The lowest BCUT2D eigenvalue weighted by molar-refractivity contribution is -0.137. The van der Waals surface area contributed by atoms with Crippen LogP contribution in [-0.4, -0.2) is 28.5 Å². The van der Waals surface area contributed by atoms with Crippen LogP contribution in [0.5, 0.6) is 0 Å². The molecule has 1 saturated carbocycles. The number of aromatic nitrogens is 1. The van der Waals surface area contributed by atoms with E-state index >= 15 is 0 Å². The number of carbonyl (C=O) groups is 1. The molecule has 23 heavy (non-hydrogen) atoms. The Morgan fingerprint density at radius 2 is 1.70 bits per heavy atom. The van der Waals surface area contributed by atoms with Gasteiger partial charge in [0.2, 0.25) is 5.91 Å². The zero-order valence-electron chi connectivity index (χ0n) is 14.2. The molecule has 1 aromatic rings. The summed E-state index contributed by atoms with van der Waals surface area (Å²) in [4.78, 5) is 26.6. The molecule has 0 bridgehead atoms. The third-order valence-corrected chi connectivity index (χ3v) is 5.61. The minimum Gasteiger partial charge on any atom is -0.342 e. The van der Waals surface area contributed by atoms with Crippen LogP contribution in [0.15, 0.2) is 23.1 Å². The third kappa shape index (κ3) is 3.85. The van der Waals surface area contributed by atoms with E-state index in [1.165, 1.54) is 25.7 Å². The number of hydrogen-bond acceptors (Lipinski definition) is 2. The SMILES string of the molecule is Cn1ccc(C2CCN(C(=O)C3CCCCCC3)CC2)cc1=O. The number of carbonyl (C=O) groups excluding carboxylic acids is 1. The molecule has 0 spiro atoms. The van der Waals surface area contributed by atoms with E-state index < -0.39 is 0 Å². The molecule has 1 amide bonds. The Labute approximate surface area is 138 Å². The molecule has 0 atom stereocenters. The van der Waals surface area contributed by atoms with Crippen molar-refractivity contribution < 1.29 is 4.79 Å². The molecule has 1 aromatic heterocycles. The first-order valence-electron chi connectivity index (χ1n) is 9.10. The smallest absolute Gasteiger partial charge is 0.250 e. The molecule has 2 fully saturated rings. The number of hydrogen-bond donors (Lipinski definition) is 0. The maximum absolute atomic E-state index is 12.7. The van der Waals surface area contributed by atoms with Crippen molar-refractivity contribution in [2.75, 3.05) is 13.1 Å². The highest BCUT2D eigenvalue weighted by Crippen LogP contribution is 2.30. The van der Waals surface area contributed by atoms with Gasteiger partial charge in [-0.3, -0.25) is 9.59 Å². The standard InChI is InChI=1S/C19H28N2O2/c1-20-11-8-17(14-18(20)22)15-9-12-21(13-10-15)19(23)16-6-4-2-3-5-7-16/h8,11,14-16H,2-7,9-10,12-13H2,1H3. The highest BCUT2D eigenvalue weighted by Gasteiger charge is 2.29. The average molecular weight is 316 g/mol. The fourth-order valence-corrected chi connectivity index (χ4v) is 4.04. The van der Waals surface area contributed by atoms with Crippen LogP contribution >= 0.6 is 0 Å². The van der Waals surface area contributed by atoms with E-state index in [0.29, 0.717) is 11.8 Å². The molecule has 1 saturated heterocycles. The predicted molar refractivity (Wildman–Crippen MR) is 91.4 cm³/mol. The fourth-order valence-electron chi connectivity index (χ4n) is 4.04. The predicted octanol–water partition coefficient (Wildman–Crippen LogP) is 3.06. The highest BCUT2D eigenvalue weighted by molar-refractivity contribution is 5.79. The van der Waals surface area contributed by atoms with E-state index in [2.05, 4.69) is 11.0 Å². The average Bonchev–Trinajstić information content (AvgIpc) is 2.86. The van der Waals surface area contributed by atoms with Gasteiger partial charge >= 0.3 is 0 Å². The lowest BCUT2D eigenvalue weighted by atomic mass is 9.89. The summed E-state index contributed by atoms with van der Waals surface area (Å²) < 4.78 is 1.61. The van der Waals surface area contributed by atoms with Gasteiger partial charge in [-0.2, -0.15) is 0 Å². The summed E-state index contributed by atoms with van der Waals surface area (Å²) in [5.41, 5.74) is 1.19. The summed E-state index contributed by atoms with van der Waals surface area (Å²) in [7, 11) is 1.78. The van der Waals surface area contributed by atoms with Crippen LogP contribution in [0.25, 0.3) is 0 Å². The highest BCUT2D eigenvalue weighted by atomic mass is 16.2. The summed E-state index contributed by atoms with van der Waals surface area (Å²) in [6.07, 6.45) is 10.9. The van der Waals surface area contributed by atoms with Gasteiger partial charge in [0, 0.05) is 38.3 Å². The van der Waals surface area contributed by atoms with E-state index in [1.54, 1.807) is 17.7 Å². The summed E-state index contributed by atoms with van der Waals surface area (Å²) in [6, 6.07) is 3.81. The molecule has 4 nitrogen and oxygen atoms in total. The Hall–Kier alpha value is -1.58. The van der Waals surface area contributed by atoms with Crippen LogP contribution in [0.3, 0.4) is 0 Å². The minimum atomic E-state index is 0.0551. The number of pyridine rings is 1. The molecular formula is C19H28N2O2. The quantitative estimate of drug-likeness (QED) is 0.787. The Morgan fingerprint density at radius 1 is 1.04 bits per heavy atom. The van der Waals surface area contributed by atoms with E-state index in [1.807, 2.05) is 6.20 Å². The first kappa shape index (κ1) is 16.3. The van der Waals surface area contributed by atoms with Crippen molar-refractivity contribution in [3.05, 3.63) is 34.2 Å². The number of likely N-dealkylation sites (tertiary alicyclic amines) is 1. The van der Waals surface area contributed by atoms with E-state index in [-0.39, 0.29) is 11.5 Å². The summed E-state index contributed by atoms with van der Waals surface area (Å²) in [5.74, 6) is 1.06. The van der Waals surface area contributed by atoms with Crippen LogP contribution in [0.4, 0.5) is 0 Å². The van der Waals surface area contributed by atoms with Gasteiger partial charge in [-0.05, 0) is 43.2 Å². The van der Waals surface area contributed by atoms with Crippen molar-refractivity contribution in [1.82, 2.24) is 9.47 Å². The second kappa shape index (κ2) is 7.33. The minimum absolute atomic E-state index is 0.0551. The molecular weight excluding hydrogens is 288 g/mol. The van der Waals surface area contributed by atoms with Crippen molar-refractivity contribution in [3.63, 3.8) is 0 Å². The topological polar surface area (TPSA) is 42.3 Å². The molecule has 126 valence electrons. The first-order chi connectivity index (χ1) is 11.1. The van der Waals surface area contributed by atoms with Crippen molar-refractivity contribution in [2.24, 2.45) is 13.0 Å². The molecule has 0 aromatic carbocycles. The van der Waals surface area contributed by atoms with Crippen molar-refractivity contribution in [1.29, 1.82) is 0 Å². The summed E-state index contributed by atoms with van der Waals surface area (Å²) in [5, 5.41) is 0. The second-order valence-corrected chi connectivity index (χ2v) is 7.20. The zero-order chi connectivity index (χ0) is 16.2. The molecule has 2 aliphatic rings. The van der Waals surface area contributed by atoms with Gasteiger partial charge < -0.3 is 9.47 Å². The van der Waals surface area contributed by atoms with E-state index in [9.17, 15) is 9.59 Å². The third-order valence-electron chi connectivity index (χ3n) is 5.61. The van der Waals surface area contributed by atoms with Gasteiger partial charge in [0.25, 0.3) is 5.56 Å². The number of rotatable bonds is 2. The monoisotopic (exact) mass is 316 g/mol. The number of amides is 1. The Bertz CT molecular complexity index is 592. The normalized spacial score (nSPS) is 21.2. The number of piperidine rings is 1. The van der Waals surface area contributed by atoms with Crippen molar-refractivity contribution >= 4 is 5.91 Å². The molecule has 1 aliphatic carbocycles. The number of aryl methyl sites for hydroxylation is 1. The van der Waals surface area contributed by atoms with Gasteiger partial charge in [0.15, 0.2) is 0 Å². The Balaban J connectivity index is 1.58. The van der Waals surface area contributed by atoms with Crippen LogP contribution in [-0.2, 0) is 11.8 Å². The van der Waals surface area contributed by atoms with Crippen molar-refractivity contribution in [2.45, 2.75) is 57.3 Å². The van der Waals surface area contributed by atoms with Crippen molar-refractivity contribution in [3.8, 4) is 0 Å². The molecule has 1 aliphatic heterocycles. The summed E-state index contributed by atoms with van der Waals surface area (Å²) >= 11 is 0. The molecule has 2 heterocycles. The van der Waals surface area contributed by atoms with E-state index in [0.717, 1.165) is 44.3 Å². The van der Waals surface area contributed by atoms with Crippen LogP contribution in [0.1, 0.15) is 62.8 Å². The van der Waals surface area contributed by atoms with Crippen LogP contribution in [0.2, 0.25) is 0 Å².